The molecule has 0 fully saturated rings. The summed E-state index contributed by atoms with van der Waals surface area (Å²) in [7, 11) is 1.61. The van der Waals surface area contributed by atoms with Crippen molar-refractivity contribution < 1.29 is 14.2 Å². The molecule has 3 rings (SSSR count). The van der Waals surface area contributed by atoms with Gasteiger partial charge in [0, 0.05) is 6.07 Å². The van der Waals surface area contributed by atoms with Crippen LogP contribution in [0.5, 0.6) is 17.2 Å². The van der Waals surface area contributed by atoms with Crippen LogP contribution in [0.1, 0.15) is 19.4 Å². The van der Waals surface area contributed by atoms with Crippen LogP contribution < -0.4 is 19.8 Å². The molecule has 1 aromatic heterocycles. The van der Waals surface area contributed by atoms with Crippen LogP contribution in [-0.4, -0.2) is 29.9 Å². The van der Waals surface area contributed by atoms with Gasteiger partial charge in [0.1, 0.15) is 5.75 Å². The van der Waals surface area contributed by atoms with Gasteiger partial charge in [-0.1, -0.05) is 12.1 Å². The fourth-order valence-corrected chi connectivity index (χ4v) is 3.15. The van der Waals surface area contributed by atoms with E-state index in [1.54, 1.807) is 19.2 Å². The van der Waals surface area contributed by atoms with Crippen molar-refractivity contribution in [1.29, 1.82) is 0 Å². The molecule has 0 saturated heterocycles. The number of H-pyrrole nitrogens is 1. The highest BCUT2D eigenvalue weighted by Crippen LogP contribution is 2.31. The van der Waals surface area contributed by atoms with E-state index < -0.39 is 0 Å². The zero-order valence-corrected chi connectivity index (χ0v) is 16.4. The van der Waals surface area contributed by atoms with Gasteiger partial charge in [0.2, 0.25) is 0 Å². The van der Waals surface area contributed by atoms with E-state index >= 15 is 0 Å². The van der Waals surface area contributed by atoms with E-state index in [1.807, 2.05) is 38.1 Å². The molecule has 142 valence electrons. The molecule has 0 aliphatic carbocycles. The van der Waals surface area contributed by atoms with Crippen molar-refractivity contribution in [2.75, 3.05) is 20.3 Å². The summed E-state index contributed by atoms with van der Waals surface area (Å²) in [6.45, 7) is 5.11. The molecule has 0 atom stereocenters. The number of aromatic amines is 1. The number of nitrogens with zero attached hydrogens (tertiary/aromatic N) is 1. The molecule has 3 aromatic rings. The van der Waals surface area contributed by atoms with E-state index in [2.05, 4.69) is 4.98 Å². The Hall–Kier alpha value is -2.80. The predicted molar refractivity (Wildman–Crippen MR) is 108 cm³/mol. The summed E-state index contributed by atoms with van der Waals surface area (Å²) in [4.78, 5) is 16.2. The third kappa shape index (κ3) is 3.98. The van der Waals surface area contributed by atoms with Crippen molar-refractivity contribution in [2.24, 2.45) is 0 Å². The SMILES string of the molecule is CCOc1cc2[nH]c(=S)n(Cc3cccc(OC)c3)c(=O)c2cc1OCC. The quantitative estimate of drug-likeness (QED) is 0.624. The molecule has 0 amide bonds. The number of hydrogen-bond acceptors (Lipinski definition) is 5. The van der Waals surface area contributed by atoms with Crippen molar-refractivity contribution in [3.8, 4) is 17.2 Å². The highest BCUT2D eigenvalue weighted by Gasteiger charge is 2.13. The lowest BCUT2D eigenvalue weighted by Gasteiger charge is -2.14. The Labute approximate surface area is 162 Å². The summed E-state index contributed by atoms with van der Waals surface area (Å²) in [5.74, 6) is 1.86. The first-order chi connectivity index (χ1) is 13.1. The first-order valence-electron chi connectivity index (χ1n) is 8.76. The second-order valence-corrected chi connectivity index (χ2v) is 6.27. The summed E-state index contributed by atoms with van der Waals surface area (Å²) in [5.41, 5.74) is 1.37. The lowest BCUT2D eigenvalue weighted by molar-refractivity contribution is 0.288. The van der Waals surface area contributed by atoms with Gasteiger partial charge in [-0.05, 0) is 49.8 Å². The predicted octanol–water partition coefficient (Wildman–Crippen LogP) is 3.91. The minimum Gasteiger partial charge on any atom is -0.497 e. The van der Waals surface area contributed by atoms with E-state index in [9.17, 15) is 4.79 Å². The molecule has 0 bridgehead atoms. The molecule has 2 aromatic carbocycles. The zero-order chi connectivity index (χ0) is 19.4. The number of rotatable bonds is 7. The smallest absolute Gasteiger partial charge is 0.262 e. The standard InChI is InChI=1S/C20H22N2O4S/c1-4-25-17-10-15-16(11-18(17)26-5-2)21-20(27)22(19(15)23)12-13-7-6-8-14(9-13)24-3/h6-11H,4-5,12H2,1-3H3,(H,21,27). The van der Waals surface area contributed by atoms with E-state index in [4.69, 9.17) is 26.4 Å². The van der Waals surface area contributed by atoms with Crippen LogP contribution in [0.4, 0.5) is 0 Å². The third-order valence-corrected chi connectivity index (χ3v) is 4.44. The number of benzene rings is 2. The van der Waals surface area contributed by atoms with Crippen LogP contribution in [0.15, 0.2) is 41.2 Å². The molecular formula is C20H22N2O4S. The third-order valence-electron chi connectivity index (χ3n) is 4.12. The number of methoxy groups -OCH3 is 1. The van der Waals surface area contributed by atoms with Crippen LogP contribution >= 0.6 is 12.2 Å². The summed E-state index contributed by atoms with van der Waals surface area (Å²) >= 11 is 5.42. The molecule has 7 heteroatoms. The van der Waals surface area contributed by atoms with Crippen molar-refractivity contribution >= 4 is 23.1 Å². The summed E-state index contributed by atoms with van der Waals surface area (Å²) in [6, 6.07) is 11.0. The second-order valence-electron chi connectivity index (χ2n) is 5.88. The van der Waals surface area contributed by atoms with Gasteiger partial charge in [0.05, 0.1) is 37.8 Å². The summed E-state index contributed by atoms with van der Waals surface area (Å²) in [5, 5.41) is 0.499. The Morgan fingerprint density at radius 3 is 2.44 bits per heavy atom. The number of fused-ring (bicyclic) bond motifs is 1. The van der Waals surface area contributed by atoms with Crippen molar-refractivity contribution in [3.05, 3.63) is 57.1 Å². The van der Waals surface area contributed by atoms with Gasteiger partial charge in [-0.2, -0.15) is 0 Å². The number of nitrogens with one attached hydrogen (secondary N) is 1. The fraction of sp³-hybridized carbons (Fsp3) is 0.300. The molecule has 0 unspecified atom stereocenters. The lowest BCUT2D eigenvalue weighted by atomic mass is 10.2. The van der Waals surface area contributed by atoms with Crippen molar-refractivity contribution in [3.63, 3.8) is 0 Å². The average Bonchev–Trinajstić information content (AvgIpc) is 2.67. The highest BCUT2D eigenvalue weighted by molar-refractivity contribution is 7.71. The second kappa shape index (κ2) is 8.26. The van der Waals surface area contributed by atoms with E-state index in [0.29, 0.717) is 46.9 Å². The maximum atomic E-state index is 13.1. The van der Waals surface area contributed by atoms with E-state index in [0.717, 1.165) is 11.3 Å². The fourth-order valence-electron chi connectivity index (χ4n) is 2.89. The Morgan fingerprint density at radius 1 is 1.07 bits per heavy atom. The molecule has 1 heterocycles. The Kier molecular flexibility index (Phi) is 5.81. The maximum absolute atomic E-state index is 13.1. The minimum absolute atomic E-state index is 0.180. The normalized spacial score (nSPS) is 10.8. The first kappa shape index (κ1) is 19.0. The van der Waals surface area contributed by atoms with Crippen LogP contribution in [0, 0.1) is 4.77 Å². The van der Waals surface area contributed by atoms with Gasteiger partial charge in [0.25, 0.3) is 5.56 Å². The molecule has 0 aliphatic heterocycles. The van der Waals surface area contributed by atoms with Gasteiger partial charge in [-0.3, -0.25) is 9.36 Å². The number of ether oxygens (including phenoxy) is 3. The molecule has 0 radical (unpaired) electrons. The zero-order valence-electron chi connectivity index (χ0n) is 15.6. The van der Waals surface area contributed by atoms with Crippen LogP contribution in [-0.2, 0) is 6.54 Å². The van der Waals surface area contributed by atoms with Gasteiger partial charge in [-0.25, -0.2) is 0 Å². The van der Waals surface area contributed by atoms with Crippen molar-refractivity contribution in [2.45, 2.75) is 20.4 Å². The molecule has 0 spiro atoms. The minimum atomic E-state index is -0.180. The Bertz CT molecular complexity index is 1070. The molecule has 0 saturated carbocycles. The molecule has 0 aliphatic rings. The average molecular weight is 386 g/mol. The molecule has 27 heavy (non-hydrogen) atoms. The molecule has 6 nitrogen and oxygen atoms in total. The van der Waals surface area contributed by atoms with Crippen molar-refractivity contribution in [1.82, 2.24) is 9.55 Å². The number of aromatic nitrogens is 2. The Morgan fingerprint density at radius 2 is 1.78 bits per heavy atom. The molecule has 1 N–H and O–H groups in total. The highest BCUT2D eigenvalue weighted by atomic mass is 32.1. The van der Waals surface area contributed by atoms with Crippen LogP contribution in [0.2, 0.25) is 0 Å². The lowest BCUT2D eigenvalue weighted by Crippen LogP contribution is -2.23. The topological polar surface area (TPSA) is 65.5 Å². The van der Waals surface area contributed by atoms with Crippen LogP contribution in [0.3, 0.4) is 0 Å². The summed E-state index contributed by atoms with van der Waals surface area (Å²) < 4.78 is 18.4. The van der Waals surface area contributed by atoms with Gasteiger partial charge >= 0.3 is 0 Å². The maximum Gasteiger partial charge on any atom is 0.262 e. The Balaban J connectivity index is 2.12. The van der Waals surface area contributed by atoms with Gasteiger partial charge < -0.3 is 19.2 Å². The molecular weight excluding hydrogens is 364 g/mol. The van der Waals surface area contributed by atoms with E-state index in [-0.39, 0.29) is 5.56 Å². The number of hydrogen-bond donors (Lipinski definition) is 1. The largest absolute Gasteiger partial charge is 0.497 e. The van der Waals surface area contributed by atoms with Gasteiger partial charge in [0.15, 0.2) is 16.3 Å². The summed E-state index contributed by atoms with van der Waals surface area (Å²) in [6.07, 6.45) is 0. The van der Waals surface area contributed by atoms with E-state index in [1.165, 1.54) is 4.57 Å². The monoisotopic (exact) mass is 386 g/mol. The van der Waals surface area contributed by atoms with Crippen LogP contribution in [0.25, 0.3) is 10.9 Å². The van der Waals surface area contributed by atoms with Gasteiger partial charge in [-0.15, -0.1) is 0 Å². The first-order valence-corrected chi connectivity index (χ1v) is 9.17.